The van der Waals surface area contributed by atoms with Gasteiger partial charge in [0.25, 0.3) is 0 Å². The zero-order chi connectivity index (χ0) is 0. The fourth-order valence-corrected chi connectivity index (χ4v) is 0. The van der Waals surface area contributed by atoms with Crippen LogP contribution in [0.5, 0.6) is 0 Å². The zero-order valence-electron chi connectivity index (χ0n) is 2.89. The molecule has 0 unspecified atom stereocenters. The van der Waals surface area contributed by atoms with Gasteiger partial charge in [0.05, 0.1) is 0 Å². The molecule has 0 saturated heterocycles. The molecule has 4 N–H and O–H groups in total. The van der Waals surface area contributed by atoms with Crippen LogP contribution in [-0.4, -0.2) is 28.3 Å². The van der Waals surface area contributed by atoms with Gasteiger partial charge in [0.2, 0.25) is 0 Å². The summed E-state index contributed by atoms with van der Waals surface area (Å²) >= 11 is 0. The van der Waals surface area contributed by atoms with E-state index >= 15 is 0 Å². The van der Waals surface area contributed by atoms with Crippen LogP contribution in [0, 0.1) is 0 Å². The van der Waals surface area contributed by atoms with Crippen molar-refractivity contribution >= 4 is 17.4 Å². The summed E-state index contributed by atoms with van der Waals surface area (Å²) in [7, 11) is 0. The Hall–Kier alpha value is 2.80. The Morgan fingerprint density at radius 3 is 0.857 bits per heavy atom. The van der Waals surface area contributed by atoms with Gasteiger partial charge >= 0.3 is 0 Å². The molecule has 0 fully saturated rings. The van der Waals surface area contributed by atoms with Gasteiger partial charge in [-0.2, -0.15) is 0 Å². The van der Waals surface area contributed by atoms with Gasteiger partial charge in [0, 0.05) is 74.6 Å². The first-order valence-corrected chi connectivity index (χ1v) is 0. The summed E-state index contributed by atoms with van der Waals surface area (Å²) in [6, 6.07) is 0. The molecule has 0 aliphatic heterocycles. The van der Waals surface area contributed by atoms with Crippen molar-refractivity contribution in [1.29, 1.82) is 0 Å². The van der Waals surface area contributed by atoms with E-state index in [-0.39, 0.29) is 103 Å². The van der Waals surface area contributed by atoms with E-state index in [0.29, 0.717) is 0 Å². The van der Waals surface area contributed by atoms with Gasteiger partial charge in [-0.3, -0.25) is 0 Å². The molecule has 2 nitrogen and oxygen atoms in total. The Kier molecular flexibility index (Phi) is 942. The molecule has 0 heterocycles. The Bertz CT molecular complexity index is 17.7. The van der Waals surface area contributed by atoms with E-state index in [4.69, 9.17) is 0 Å². The van der Waals surface area contributed by atoms with Crippen LogP contribution < -0.4 is 0 Å². The monoisotopic (exact) mass is 338 g/mol. The van der Waals surface area contributed by atoms with Crippen LogP contribution in [-0.2, 0) is 74.6 Å². The van der Waals surface area contributed by atoms with E-state index in [1.54, 1.807) is 0 Å². The maximum atomic E-state index is 0. The fourth-order valence-electron chi connectivity index (χ4n) is 0. The van der Waals surface area contributed by atoms with Gasteiger partial charge in [0.15, 0.2) is 17.4 Å². The third-order valence-corrected chi connectivity index (χ3v) is 0. The van der Waals surface area contributed by atoms with E-state index in [9.17, 15) is 0 Å². The molecule has 0 aromatic heterocycles. The van der Waals surface area contributed by atoms with E-state index in [2.05, 4.69) is 0 Å². The standard InChI is InChI=1S/Al.Mn.2H2O.Ru.V.Zn.3H/h;;2*1H2;;;;;;. The summed E-state index contributed by atoms with van der Waals surface area (Å²) in [6.07, 6.45) is 0. The maximum Gasteiger partial charge on any atom is 0.187 e. The van der Waals surface area contributed by atoms with Gasteiger partial charge in [-0.05, 0) is 0 Å². The molecule has 0 aromatic rings. The van der Waals surface area contributed by atoms with E-state index in [0.717, 1.165) is 0 Å². The van der Waals surface area contributed by atoms with Crippen LogP contribution in [0.4, 0.5) is 0 Å². The number of hydrogen-bond donors (Lipinski definition) is 0. The Morgan fingerprint density at radius 2 is 0.857 bits per heavy atom. The quantitative estimate of drug-likeness (QED) is 0.427. The van der Waals surface area contributed by atoms with Crippen LogP contribution in [0.2, 0.25) is 0 Å². The second-order valence-electron chi connectivity index (χ2n) is 0. The summed E-state index contributed by atoms with van der Waals surface area (Å²) < 4.78 is 0. The van der Waals surface area contributed by atoms with Crippen LogP contribution in [0.1, 0.15) is 0 Å². The van der Waals surface area contributed by atoms with Gasteiger partial charge < -0.3 is 11.0 Å². The van der Waals surface area contributed by atoms with E-state index in [1.807, 2.05) is 0 Å². The molecule has 7 heavy (non-hydrogen) atoms. The molecule has 44 valence electrons. The number of hydrogen-bond acceptors (Lipinski definition) is 0. The van der Waals surface area contributed by atoms with E-state index in [1.165, 1.54) is 0 Å². The molecule has 0 saturated carbocycles. The molecular weight excluding hydrogens is 331 g/mol. The smallest absolute Gasteiger partial charge is 0.187 e. The first kappa shape index (κ1) is 96.7. The summed E-state index contributed by atoms with van der Waals surface area (Å²) in [5, 5.41) is 0. The van der Waals surface area contributed by atoms with Crippen molar-refractivity contribution in [2.75, 3.05) is 0 Å². The van der Waals surface area contributed by atoms with E-state index < -0.39 is 0 Å². The van der Waals surface area contributed by atoms with Crippen LogP contribution >= 0.6 is 0 Å². The molecule has 0 spiro atoms. The van der Waals surface area contributed by atoms with Crippen LogP contribution in [0.3, 0.4) is 0 Å². The zero-order valence-corrected chi connectivity index (χ0v) is 10.2. The van der Waals surface area contributed by atoms with Gasteiger partial charge in [-0.15, -0.1) is 0 Å². The molecule has 0 aliphatic carbocycles. The predicted octanol–water partition coefficient (Wildman–Crippen LogP) is -2.84. The van der Waals surface area contributed by atoms with Crippen molar-refractivity contribution in [2.45, 2.75) is 0 Å². The third kappa shape index (κ3) is 51.9. The molecular formula is H7AlMnO2RuVZn. The molecule has 0 amide bonds. The topological polar surface area (TPSA) is 63.0 Å². The van der Waals surface area contributed by atoms with Gasteiger partial charge in [-0.25, -0.2) is 0 Å². The van der Waals surface area contributed by atoms with Crippen LogP contribution in [0.15, 0.2) is 0 Å². The second-order valence-corrected chi connectivity index (χ2v) is 0. The number of rotatable bonds is 0. The second kappa shape index (κ2) is 68.2. The molecule has 0 bridgehead atoms. The molecule has 0 aliphatic rings. The summed E-state index contributed by atoms with van der Waals surface area (Å²) in [4.78, 5) is 0. The van der Waals surface area contributed by atoms with Crippen molar-refractivity contribution in [3.05, 3.63) is 0 Å². The largest absolute Gasteiger partial charge is 0.412 e. The van der Waals surface area contributed by atoms with Gasteiger partial charge in [0.1, 0.15) is 0 Å². The normalized spacial score (nSPS) is 0. The Morgan fingerprint density at radius 1 is 0.857 bits per heavy atom. The SMILES string of the molecule is O.O.[AlH3].[Mn].[Ru].[V].[Zn]. The van der Waals surface area contributed by atoms with Crippen molar-refractivity contribution in [2.24, 2.45) is 0 Å². The van der Waals surface area contributed by atoms with Crippen LogP contribution in [0.25, 0.3) is 0 Å². The average molecular weight is 338 g/mol. The van der Waals surface area contributed by atoms with Crippen molar-refractivity contribution < 1.29 is 85.5 Å². The molecule has 2 radical (unpaired) electrons. The Balaban J connectivity index is 0. The predicted molar refractivity (Wildman–Crippen MR) is 17.2 cm³/mol. The van der Waals surface area contributed by atoms with Crippen molar-refractivity contribution in [3.63, 3.8) is 0 Å². The van der Waals surface area contributed by atoms with Gasteiger partial charge in [-0.1, -0.05) is 0 Å². The first-order valence-electron chi connectivity index (χ1n) is 0. The molecule has 7 heteroatoms. The summed E-state index contributed by atoms with van der Waals surface area (Å²) in [5.41, 5.74) is 0. The summed E-state index contributed by atoms with van der Waals surface area (Å²) in [6.45, 7) is 0. The minimum atomic E-state index is 0. The average Bonchev–Trinajstić information content (AvgIpc) is 0. The third-order valence-electron chi connectivity index (χ3n) is 0. The molecule has 0 rings (SSSR count). The molecule has 0 aromatic carbocycles. The van der Waals surface area contributed by atoms with Crippen molar-refractivity contribution in [1.82, 2.24) is 0 Å². The summed E-state index contributed by atoms with van der Waals surface area (Å²) in [5.74, 6) is 0. The fraction of sp³-hybridized carbons (Fsp3) is 0. The minimum Gasteiger partial charge on any atom is -0.412 e. The molecule has 0 atom stereocenters. The maximum absolute atomic E-state index is 0. The van der Waals surface area contributed by atoms with Crippen molar-refractivity contribution in [3.8, 4) is 0 Å². The first-order chi connectivity index (χ1) is 0. The minimum absolute atomic E-state index is 0. The Labute approximate surface area is 102 Å².